The third-order valence-corrected chi connectivity index (χ3v) is 5.07. The minimum atomic E-state index is -0.210. The van der Waals surface area contributed by atoms with Gasteiger partial charge in [0.25, 0.3) is 0 Å². The average Bonchev–Trinajstić information content (AvgIpc) is 3.32. The molecule has 0 radical (unpaired) electrons. The zero-order valence-corrected chi connectivity index (χ0v) is 15.1. The van der Waals surface area contributed by atoms with Gasteiger partial charge in [0.15, 0.2) is 11.0 Å². The van der Waals surface area contributed by atoms with Gasteiger partial charge in [-0.2, -0.15) is 0 Å². The Morgan fingerprint density at radius 3 is 2.79 bits per heavy atom. The monoisotopic (exact) mass is 366 g/mol. The maximum absolute atomic E-state index is 12.0. The van der Waals surface area contributed by atoms with Gasteiger partial charge in [-0.15, -0.1) is 10.2 Å². The summed E-state index contributed by atoms with van der Waals surface area (Å²) in [4.78, 5) is 12.0. The molecule has 1 unspecified atom stereocenters. The SMILES string of the molecule is CC(Sc1nnc(COc2ccc(Cl)cc2)n1C)C(=O)NC1CC1. The number of benzene rings is 1. The van der Waals surface area contributed by atoms with Crippen LogP contribution in [0, 0.1) is 0 Å². The van der Waals surface area contributed by atoms with Gasteiger partial charge in [0, 0.05) is 18.1 Å². The van der Waals surface area contributed by atoms with Gasteiger partial charge in [0.2, 0.25) is 5.91 Å². The number of carbonyl (C=O) groups excluding carboxylic acids is 1. The van der Waals surface area contributed by atoms with Crippen LogP contribution in [-0.2, 0) is 18.4 Å². The molecule has 0 saturated heterocycles. The molecule has 1 atom stereocenters. The maximum atomic E-state index is 12.0. The summed E-state index contributed by atoms with van der Waals surface area (Å²) in [5, 5.41) is 12.4. The van der Waals surface area contributed by atoms with Gasteiger partial charge in [-0.1, -0.05) is 23.4 Å². The lowest BCUT2D eigenvalue weighted by Crippen LogP contribution is -2.32. The summed E-state index contributed by atoms with van der Waals surface area (Å²) in [6.45, 7) is 2.18. The Balaban J connectivity index is 1.56. The van der Waals surface area contributed by atoms with Gasteiger partial charge in [-0.3, -0.25) is 4.79 Å². The first-order valence-electron chi connectivity index (χ1n) is 7.76. The lowest BCUT2D eigenvalue weighted by atomic mass is 10.3. The third-order valence-electron chi connectivity index (χ3n) is 3.68. The van der Waals surface area contributed by atoms with Crippen LogP contribution in [-0.4, -0.2) is 32.0 Å². The second-order valence-corrected chi connectivity index (χ2v) is 7.49. The van der Waals surface area contributed by atoms with Crippen LogP contribution in [0.15, 0.2) is 29.4 Å². The first kappa shape index (κ1) is 17.1. The minimum Gasteiger partial charge on any atom is -0.486 e. The van der Waals surface area contributed by atoms with Crippen molar-refractivity contribution >= 4 is 29.3 Å². The average molecular weight is 367 g/mol. The van der Waals surface area contributed by atoms with Gasteiger partial charge in [0.1, 0.15) is 12.4 Å². The molecule has 1 aromatic carbocycles. The fraction of sp³-hybridized carbons (Fsp3) is 0.438. The third kappa shape index (κ3) is 4.42. The van der Waals surface area contributed by atoms with Crippen molar-refractivity contribution in [2.75, 3.05) is 0 Å². The van der Waals surface area contributed by atoms with Gasteiger partial charge >= 0.3 is 0 Å². The number of rotatable bonds is 7. The predicted molar refractivity (Wildman–Crippen MR) is 93.3 cm³/mol. The summed E-state index contributed by atoms with van der Waals surface area (Å²) < 4.78 is 7.53. The molecule has 8 heteroatoms. The predicted octanol–water partition coefficient (Wildman–Crippen LogP) is 2.81. The molecule has 3 rings (SSSR count). The van der Waals surface area contributed by atoms with E-state index in [1.807, 2.05) is 18.5 Å². The van der Waals surface area contributed by atoms with Gasteiger partial charge in [-0.05, 0) is 44.0 Å². The van der Waals surface area contributed by atoms with E-state index in [9.17, 15) is 4.79 Å². The second kappa shape index (κ2) is 7.44. The maximum Gasteiger partial charge on any atom is 0.233 e. The highest BCUT2D eigenvalue weighted by Gasteiger charge is 2.27. The van der Waals surface area contributed by atoms with E-state index in [1.165, 1.54) is 11.8 Å². The Kier molecular flexibility index (Phi) is 5.30. The van der Waals surface area contributed by atoms with E-state index >= 15 is 0 Å². The molecule has 128 valence electrons. The number of hydrogen-bond donors (Lipinski definition) is 1. The van der Waals surface area contributed by atoms with Crippen molar-refractivity contribution in [1.82, 2.24) is 20.1 Å². The van der Waals surface area contributed by atoms with E-state index in [4.69, 9.17) is 16.3 Å². The van der Waals surface area contributed by atoms with E-state index in [2.05, 4.69) is 15.5 Å². The fourth-order valence-corrected chi connectivity index (χ4v) is 2.98. The van der Waals surface area contributed by atoms with Crippen LogP contribution >= 0.6 is 23.4 Å². The molecule has 1 saturated carbocycles. The number of carbonyl (C=O) groups is 1. The summed E-state index contributed by atoms with van der Waals surface area (Å²) in [6.07, 6.45) is 2.17. The molecule has 0 aliphatic heterocycles. The molecule has 6 nitrogen and oxygen atoms in total. The normalized spacial score (nSPS) is 15.1. The molecule has 0 spiro atoms. The lowest BCUT2D eigenvalue weighted by molar-refractivity contribution is -0.120. The Morgan fingerprint density at radius 2 is 2.12 bits per heavy atom. The first-order chi connectivity index (χ1) is 11.5. The van der Waals surface area contributed by atoms with Gasteiger partial charge < -0.3 is 14.6 Å². The molecule has 1 N–H and O–H groups in total. The molecule has 1 heterocycles. The quantitative estimate of drug-likeness (QED) is 0.763. The van der Waals surface area contributed by atoms with Crippen LogP contribution in [0.4, 0.5) is 0 Å². The summed E-state index contributed by atoms with van der Waals surface area (Å²) >= 11 is 7.25. The Labute approximate surface area is 149 Å². The molecular formula is C16H19ClN4O2S. The van der Waals surface area contributed by atoms with E-state index < -0.39 is 0 Å². The zero-order chi connectivity index (χ0) is 17.1. The Hall–Kier alpha value is -1.73. The van der Waals surface area contributed by atoms with Crippen LogP contribution < -0.4 is 10.1 Å². The van der Waals surface area contributed by atoms with Crippen LogP contribution in [0.25, 0.3) is 0 Å². The number of hydrogen-bond acceptors (Lipinski definition) is 5. The van der Waals surface area contributed by atoms with E-state index in [1.54, 1.807) is 24.3 Å². The van der Waals surface area contributed by atoms with Gasteiger partial charge in [0.05, 0.1) is 5.25 Å². The smallest absolute Gasteiger partial charge is 0.233 e. The van der Waals surface area contributed by atoms with E-state index in [0.29, 0.717) is 34.4 Å². The summed E-state index contributed by atoms with van der Waals surface area (Å²) in [5.74, 6) is 1.46. The standard InChI is InChI=1S/C16H19ClN4O2S/c1-10(15(22)18-12-5-6-12)24-16-20-19-14(21(16)2)9-23-13-7-3-11(17)4-8-13/h3-4,7-8,10,12H,5-6,9H2,1-2H3,(H,18,22). The van der Waals surface area contributed by atoms with Crippen molar-refractivity contribution in [3.05, 3.63) is 35.1 Å². The van der Waals surface area contributed by atoms with Crippen LogP contribution in [0.1, 0.15) is 25.6 Å². The Bertz CT molecular complexity index is 715. The van der Waals surface area contributed by atoms with Crippen molar-refractivity contribution in [2.24, 2.45) is 7.05 Å². The van der Waals surface area contributed by atoms with E-state index in [0.717, 1.165) is 12.8 Å². The van der Waals surface area contributed by atoms with Crippen molar-refractivity contribution in [2.45, 2.75) is 42.8 Å². The number of ether oxygens (including phenoxy) is 1. The van der Waals surface area contributed by atoms with Crippen LogP contribution in [0.5, 0.6) is 5.75 Å². The highest BCUT2D eigenvalue weighted by atomic mass is 35.5. The zero-order valence-electron chi connectivity index (χ0n) is 13.5. The number of aromatic nitrogens is 3. The first-order valence-corrected chi connectivity index (χ1v) is 9.02. The van der Waals surface area contributed by atoms with Crippen molar-refractivity contribution < 1.29 is 9.53 Å². The van der Waals surface area contributed by atoms with Crippen molar-refractivity contribution in [3.8, 4) is 5.75 Å². The Morgan fingerprint density at radius 1 is 1.42 bits per heavy atom. The minimum absolute atomic E-state index is 0.0458. The van der Waals surface area contributed by atoms with E-state index in [-0.39, 0.29) is 11.2 Å². The number of nitrogens with one attached hydrogen (secondary N) is 1. The number of thioether (sulfide) groups is 1. The molecule has 1 amide bonds. The summed E-state index contributed by atoms with van der Waals surface area (Å²) in [6, 6.07) is 7.52. The molecule has 1 aliphatic rings. The topological polar surface area (TPSA) is 69.0 Å². The van der Waals surface area contributed by atoms with Crippen molar-refractivity contribution in [3.63, 3.8) is 0 Å². The highest BCUT2D eigenvalue weighted by molar-refractivity contribution is 8.00. The summed E-state index contributed by atoms with van der Waals surface area (Å²) in [7, 11) is 1.87. The fourth-order valence-electron chi connectivity index (χ4n) is 2.01. The highest BCUT2D eigenvalue weighted by Crippen LogP contribution is 2.24. The molecule has 24 heavy (non-hydrogen) atoms. The molecule has 0 bridgehead atoms. The van der Waals surface area contributed by atoms with Crippen LogP contribution in [0.3, 0.4) is 0 Å². The molecule has 1 fully saturated rings. The van der Waals surface area contributed by atoms with Crippen LogP contribution in [0.2, 0.25) is 5.02 Å². The number of halogens is 1. The second-order valence-electron chi connectivity index (χ2n) is 5.74. The molecular weight excluding hydrogens is 348 g/mol. The summed E-state index contributed by atoms with van der Waals surface area (Å²) in [5.41, 5.74) is 0. The molecule has 2 aromatic rings. The lowest BCUT2D eigenvalue weighted by Gasteiger charge is -2.11. The number of amides is 1. The van der Waals surface area contributed by atoms with Crippen molar-refractivity contribution in [1.29, 1.82) is 0 Å². The van der Waals surface area contributed by atoms with Gasteiger partial charge in [-0.25, -0.2) is 0 Å². The molecule has 1 aliphatic carbocycles. The largest absolute Gasteiger partial charge is 0.486 e. The molecule has 1 aromatic heterocycles. The number of nitrogens with zero attached hydrogens (tertiary/aromatic N) is 3.